The SMILES string of the molecule is O=C(CSCc1nc2sc3c(c2c(=O)[nH]1)CCC3)N1CCCN(c2nccs2)CC1. The molecule has 1 aliphatic heterocycles. The molecule has 1 saturated heterocycles. The Balaban J connectivity index is 1.17. The molecule has 3 aromatic heterocycles. The van der Waals surface area contributed by atoms with Crippen molar-refractivity contribution in [2.75, 3.05) is 36.8 Å². The summed E-state index contributed by atoms with van der Waals surface area (Å²) in [5.74, 6) is 1.76. The number of fused-ring (bicyclic) bond motifs is 3. The minimum Gasteiger partial charge on any atom is -0.346 e. The Morgan fingerprint density at radius 3 is 3.00 bits per heavy atom. The van der Waals surface area contributed by atoms with Gasteiger partial charge in [-0.05, 0) is 31.2 Å². The largest absolute Gasteiger partial charge is 0.346 e. The summed E-state index contributed by atoms with van der Waals surface area (Å²) in [7, 11) is 0. The van der Waals surface area contributed by atoms with Crippen molar-refractivity contribution in [1.29, 1.82) is 0 Å². The van der Waals surface area contributed by atoms with E-state index in [9.17, 15) is 9.59 Å². The third kappa shape index (κ3) is 4.00. The fourth-order valence-corrected chi connectivity index (χ4v) is 6.94. The number of anilines is 1. The molecule has 30 heavy (non-hydrogen) atoms. The van der Waals surface area contributed by atoms with Gasteiger partial charge in [-0.3, -0.25) is 9.59 Å². The van der Waals surface area contributed by atoms with Crippen molar-refractivity contribution >= 4 is 55.7 Å². The Morgan fingerprint density at radius 1 is 1.20 bits per heavy atom. The van der Waals surface area contributed by atoms with Crippen LogP contribution in [0.3, 0.4) is 0 Å². The highest BCUT2D eigenvalue weighted by molar-refractivity contribution is 7.99. The molecule has 0 radical (unpaired) electrons. The number of carbonyl (C=O) groups is 1. The van der Waals surface area contributed by atoms with Crippen molar-refractivity contribution in [1.82, 2.24) is 19.9 Å². The van der Waals surface area contributed by atoms with Gasteiger partial charge < -0.3 is 14.8 Å². The van der Waals surface area contributed by atoms with E-state index in [0.29, 0.717) is 17.3 Å². The lowest BCUT2D eigenvalue weighted by atomic mass is 10.2. The molecule has 1 aliphatic carbocycles. The Hall–Kier alpha value is -1.91. The highest BCUT2D eigenvalue weighted by Crippen LogP contribution is 2.34. The predicted octanol–water partition coefficient (Wildman–Crippen LogP) is 2.90. The van der Waals surface area contributed by atoms with Gasteiger partial charge in [0.25, 0.3) is 5.56 Å². The third-order valence-electron chi connectivity index (χ3n) is 5.63. The maximum absolute atomic E-state index is 12.7. The van der Waals surface area contributed by atoms with Gasteiger partial charge in [-0.25, -0.2) is 9.97 Å². The third-order valence-corrected chi connectivity index (χ3v) is 8.57. The van der Waals surface area contributed by atoms with E-state index in [2.05, 4.69) is 19.9 Å². The average molecular weight is 462 g/mol. The second-order valence-electron chi connectivity index (χ2n) is 7.58. The number of thiazole rings is 1. The van der Waals surface area contributed by atoms with Gasteiger partial charge in [0.05, 0.1) is 16.9 Å². The average Bonchev–Trinajstić information content (AvgIpc) is 3.43. The lowest BCUT2D eigenvalue weighted by Crippen LogP contribution is -2.36. The molecule has 7 nitrogen and oxygen atoms in total. The van der Waals surface area contributed by atoms with Gasteiger partial charge in [0.2, 0.25) is 5.91 Å². The van der Waals surface area contributed by atoms with E-state index in [1.54, 1.807) is 22.7 Å². The molecule has 3 aromatic rings. The predicted molar refractivity (Wildman–Crippen MR) is 124 cm³/mol. The Morgan fingerprint density at radius 2 is 2.13 bits per heavy atom. The van der Waals surface area contributed by atoms with Crippen LogP contribution in [0.4, 0.5) is 5.13 Å². The molecule has 0 atom stereocenters. The second kappa shape index (κ2) is 8.68. The normalized spacial score (nSPS) is 16.8. The first-order chi connectivity index (χ1) is 14.7. The lowest BCUT2D eigenvalue weighted by Gasteiger charge is -2.21. The van der Waals surface area contributed by atoms with Gasteiger partial charge in [-0.2, -0.15) is 0 Å². The van der Waals surface area contributed by atoms with Crippen LogP contribution < -0.4 is 10.5 Å². The molecule has 0 unspecified atom stereocenters. The number of aromatic amines is 1. The van der Waals surface area contributed by atoms with Gasteiger partial charge in [0.1, 0.15) is 10.7 Å². The van der Waals surface area contributed by atoms with Crippen molar-refractivity contribution in [2.45, 2.75) is 31.4 Å². The standard InChI is InChI=1S/C20H23N5O2S3/c26-16(24-6-2-7-25(9-8-24)20-21-5-10-29-20)12-28-11-15-22-18(27)17-13-3-1-4-14(13)30-19(17)23-15/h5,10H,1-4,6-9,11-12H2,(H,22,23,27). The molecule has 1 amide bonds. The number of H-pyrrole nitrogens is 1. The fraction of sp³-hybridized carbons (Fsp3) is 0.500. The monoisotopic (exact) mass is 461 g/mol. The number of amides is 1. The zero-order valence-electron chi connectivity index (χ0n) is 16.6. The minimum atomic E-state index is -0.0314. The summed E-state index contributed by atoms with van der Waals surface area (Å²) in [6.07, 6.45) is 5.95. The number of hydrogen-bond donors (Lipinski definition) is 1. The van der Waals surface area contributed by atoms with Crippen molar-refractivity contribution < 1.29 is 4.79 Å². The van der Waals surface area contributed by atoms with Crippen LogP contribution in [0, 0.1) is 0 Å². The lowest BCUT2D eigenvalue weighted by molar-refractivity contribution is -0.128. The summed E-state index contributed by atoms with van der Waals surface area (Å²) in [5, 5.41) is 3.80. The summed E-state index contributed by atoms with van der Waals surface area (Å²) in [5.41, 5.74) is 1.17. The number of nitrogens with one attached hydrogen (secondary N) is 1. The van der Waals surface area contributed by atoms with Gasteiger partial charge in [0.15, 0.2) is 5.13 Å². The summed E-state index contributed by atoms with van der Waals surface area (Å²) >= 11 is 4.81. The van der Waals surface area contributed by atoms with E-state index in [0.717, 1.165) is 67.2 Å². The van der Waals surface area contributed by atoms with Gasteiger partial charge in [-0.1, -0.05) is 0 Å². The Bertz CT molecular complexity index is 1110. The first kappa shape index (κ1) is 20.0. The molecule has 5 rings (SSSR count). The molecule has 2 aliphatic rings. The number of hydrogen-bond acceptors (Lipinski definition) is 8. The molecule has 4 heterocycles. The van der Waals surface area contributed by atoms with Crippen LogP contribution in [-0.2, 0) is 23.4 Å². The van der Waals surface area contributed by atoms with Gasteiger partial charge in [0, 0.05) is 42.6 Å². The van der Waals surface area contributed by atoms with Crippen LogP contribution in [0.25, 0.3) is 10.2 Å². The van der Waals surface area contributed by atoms with Crippen LogP contribution in [0.15, 0.2) is 16.4 Å². The quantitative estimate of drug-likeness (QED) is 0.629. The molecule has 0 spiro atoms. The number of aryl methyl sites for hydroxylation is 2. The summed E-state index contributed by atoms with van der Waals surface area (Å²) in [6.45, 7) is 3.25. The smallest absolute Gasteiger partial charge is 0.259 e. The first-order valence-corrected chi connectivity index (χ1v) is 13.1. The number of aromatic nitrogens is 3. The van der Waals surface area contributed by atoms with Crippen LogP contribution in [-0.4, -0.2) is 57.7 Å². The summed E-state index contributed by atoms with van der Waals surface area (Å²) < 4.78 is 0. The molecule has 0 bridgehead atoms. The second-order valence-corrected chi connectivity index (χ2v) is 10.5. The fourth-order valence-electron chi connectivity index (χ4n) is 4.17. The van der Waals surface area contributed by atoms with Gasteiger partial charge in [-0.15, -0.1) is 34.4 Å². The minimum absolute atomic E-state index is 0.0314. The van der Waals surface area contributed by atoms with E-state index in [1.807, 2.05) is 16.5 Å². The van der Waals surface area contributed by atoms with E-state index in [-0.39, 0.29) is 11.5 Å². The summed E-state index contributed by atoms with van der Waals surface area (Å²) in [6, 6.07) is 0. The van der Waals surface area contributed by atoms with Crippen molar-refractivity contribution in [3.63, 3.8) is 0 Å². The van der Waals surface area contributed by atoms with Crippen LogP contribution in [0.1, 0.15) is 29.1 Å². The van der Waals surface area contributed by atoms with E-state index in [1.165, 1.54) is 22.2 Å². The molecule has 1 N–H and O–H groups in total. The summed E-state index contributed by atoms with van der Waals surface area (Å²) in [4.78, 5) is 43.6. The van der Waals surface area contributed by atoms with Crippen molar-refractivity contribution in [2.24, 2.45) is 0 Å². The maximum atomic E-state index is 12.7. The first-order valence-electron chi connectivity index (χ1n) is 10.2. The molecule has 158 valence electrons. The number of nitrogens with zero attached hydrogens (tertiary/aromatic N) is 4. The Labute approximate surface area is 186 Å². The van der Waals surface area contributed by atoms with Crippen LogP contribution >= 0.6 is 34.4 Å². The molecule has 0 aromatic carbocycles. The zero-order chi connectivity index (χ0) is 20.5. The van der Waals surface area contributed by atoms with Crippen molar-refractivity contribution in [3.8, 4) is 0 Å². The highest BCUT2D eigenvalue weighted by Gasteiger charge is 2.22. The van der Waals surface area contributed by atoms with E-state index < -0.39 is 0 Å². The molecular formula is C20H23N5O2S3. The zero-order valence-corrected chi connectivity index (χ0v) is 19.0. The van der Waals surface area contributed by atoms with Crippen molar-refractivity contribution in [3.05, 3.63) is 38.2 Å². The van der Waals surface area contributed by atoms with E-state index in [4.69, 9.17) is 0 Å². The molecule has 10 heteroatoms. The molecule has 1 fully saturated rings. The van der Waals surface area contributed by atoms with Gasteiger partial charge >= 0.3 is 0 Å². The number of rotatable bonds is 5. The number of carbonyl (C=O) groups excluding carboxylic acids is 1. The van der Waals surface area contributed by atoms with E-state index >= 15 is 0 Å². The topological polar surface area (TPSA) is 82.2 Å². The Kier molecular flexibility index (Phi) is 5.79. The van der Waals surface area contributed by atoms with Crippen LogP contribution in [0.2, 0.25) is 0 Å². The molecular weight excluding hydrogens is 438 g/mol. The maximum Gasteiger partial charge on any atom is 0.259 e. The number of thiophene rings is 1. The number of thioether (sulfide) groups is 1. The highest BCUT2D eigenvalue weighted by atomic mass is 32.2. The molecule has 0 saturated carbocycles. The van der Waals surface area contributed by atoms with Crippen LogP contribution in [0.5, 0.6) is 0 Å².